The SMILES string of the molecule is C[C@@H]1CNCCN1S(=O)(=O)c1ncn(C)c1Cl. The summed E-state index contributed by atoms with van der Waals surface area (Å²) in [6.45, 7) is 3.59. The maximum absolute atomic E-state index is 12.4. The minimum absolute atomic E-state index is 0.0598. The molecule has 0 bridgehead atoms. The zero-order valence-corrected chi connectivity index (χ0v) is 11.3. The second kappa shape index (κ2) is 4.56. The van der Waals surface area contributed by atoms with Crippen LogP contribution in [0.15, 0.2) is 11.4 Å². The molecule has 2 heterocycles. The van der Waals surface area contributed by atoms with Crippen LogP contribution in [0.3, 0.4) is 0 Å². The molecule has 1 atom stereocenters. The minimum atomic E-state index is -3.59. The van der Waals surface area contributed by atoms with E-state index in [1.165, 1.54) is 15.2 Å². The van der Waals surface area contributed by atoms with Crippen LogP contribution < -0.4 is 5.32 Å². The van der Waals surface area contributed by atoms with Crippen molar-refractivity contribution in [3.8, 4) is 0 Å². The molecule has 0 radical (unpaired) electrons. The van der Waals surface area contributed by atoms with Crippen molar-refractivity contribution < 1.29 is 8.42 Å². The molecule has 0 spiro atoms. The Morgan fingerprint density at radius 2 is 2.29 bits per heavy atom. The fourth-order valence-corrected chi connectivity index (χ4v) is 3.88. The smallest absolute Gasteiger partial charge is 0.264 e. The van der Waals surface area contributed by atoms with Gasteiger partial charge in [-0.15, -0.1) is 0 Å². The highest BCUT2D eigenvalue weighted by Crippen LogP contribution is 2.24. The summed E-state index contributed by atoms with van der Waals surface area (Å²) >= 11 is 5.94. The lowest BCUT2D eigenvalue weighted by molar-refractivity contribution is 0.283. The molecule has 6 nitrogen and oxygen atoms in total. The van der Waals surface area contributed by atoms with Gasteiger partial charge in [0.15, 0.2) is 0 Å². The molecule has 0 unspecified atom stereocenters. The molecule has 1 aromatic heterocycles. The van der Waals surface area contributed by atoms with Gasteiger partial charge >= 0.3 is 0 Å². The highest BCUT2D eigenvalue weighted by atomic mass is 35.5. The minimum Gasteiger partial charge on any atom is -0.324 e. The number of sulfonamides is 1. The van der Waals surface area contributed by atoms with Crippen LogP contribution in [0, 0.1) is 0 Å². The Bertz CT molecular complexity index is 513. The van der Waals surface area contributed by atoms with E-state index in [0.29, 0.717) is 19.6 Å². The molecule has 17 heavy (non-hydrogen) atoms. The Kier molecular flexibility index (Phi) is 3.44. The van der Waals surface area contributed by atoms with E-state index >= 15 is 0 Å². The van der Waals surface area contributed by atoms with Gasteiger partial charge in [0, 0.05) is 32.7 Å². The van der Waals surface area contributed by atoms with E-state index in [9.17, 15) is 8.42 Å². The van der Waals surface area contributed by atoms with E-state index in [-0.39, 0.29) is 16.2 Å². The Labute approximate surface area is 106 Å². The van der Waals surface area contributed by atoms with Gasteiger partial charge in [0.05, 0.1) is 6.33 Å². The third-order valence-electron chi connectivity index (χ3n) is 2.83. The molecular formula is C9H15ClN4O2S. The van der Waals surface area contributed by atoms with E-state index < -0.39 is 10.0 Å². The first-order valence-electron chi connectivity index (χ1n) is 5.34. The number of aromatic nitrogens is 2. The third kappa shape index (κ3) is 2.20. The number of nitrogens with zero attached hydrogens (tertiary/aromatic N) is 3. The largest absolute Gasteiger partial charge is 0.324 e. The number of hydrogen-bond acceptors (Lipinski definition) is 4. The number of piperazine rings is 1. The van der Waals surface area contributed by atoms with Crippen molar-refractivity contribution in [3.63, 3.8) is 0 Å². The fourth-order valence-electron chi connectivity index (χ4n) is 1.86. The summed E-state index contributed by atoms with van der Waals surface area (Å²) in [6, 6.07) is -0.0909. The second-order valence-corrected chi connectivity index (χ2v) is 6.28. The normalized spacial score (nSPS) is 22.9. The van der Waals surface area contributed by atoms with Crippen molar-refractivity contribution >= 4 is 21.6 Å². The Morgan fingerprint density at radius 3 is 2.82 bits per heavy atom. The molecule has 0 aromatic carbocycles. The highest BCUT2D eigenvalue weighted by molar-refractivity contribution is 7.89. The van der Waals surface area contributed by atoms with Gasteiger partial charge in [0.25, 0.3) is 10.0 Å². The molecule has 96 valence electrons. The van der Waals surface area contributed by atoms with Gasteiger partial charge < -0.3 is 9.88 Å². The first kappa shape index (κ1) is 12.8. The Balaban J connectivity index is 2.39. The van der Waals surface area contributed by atoms with E-state index in [2.05, 4.69) is 10.3 Å². The average Bonchev–Trinajstić information content (AvgIpc) is 2.60. The molecule has 0 saturated carbocycles. The van der Waals surface area contributed by atoms with Crippen molar-refractivity contribution in [2.24, 2.45) is 7.05 Å². The van der Waals surface area contributed by atoms with E-state index in [1.54, 1.807) is 7.05 Å². The summed E-state index contributed by atoms with van der Waals surface area (Å²) in [5.74, 6) is 0. The van der Waals surface area contributed by atoms with Crippen LogP contribution in [0.1, 0.15) is 6.92 Å². The number of hydrogen-bond donors (Lipinski definition) is 1. The fraction of sp³-hybridized carbons (Fsp3) is 0.667. The summed E-state index contributed by atoms with van der Waals surface area (Å²) < 4.78 is 27.7. The molecule has 1 aromatic rings. The van der Waals surface area contributed by atoms with Gasteiger partial charge in [-0.25, -0.2) is 13.4 Å². The van der Waals surface area contributed by atoms with Crippen LogP contribution in [0.25, 0.3) is 0 Å². The summed E-state index contributed by atoms with van der Waals surface area (Å²) in [5, 5.41) is 3.23. The van der Waals surface area contributed by atoms with Crippen LogP contribution in [-0.4, -0.2) is 48.0 Å². The zero-order chi connectivity index (χ0) is 12.6. The summed E-state index contributed by atoms with van der Waals surface area (Å²) in [4.78, 5) is 3.88. The quantitative estimate of drug-likeness (QED) is 0.830. The number of halogens is 1. The van der Waals surface area contributed by atoms with Gasteiger partial charge in [0.1, 0.15) is 5.15 Å². The van der Waals surface area contributed by atoms with Gasteiger partial charge in [-0.3, -0.25) is 0 Å². The van der Waals surface area contributed by atoms with Crippen molar-refractivity contribution in [1.82, 2.24) is 19.2 Å². The molecule has 8 heteroatoms. The lowest BCUT2D eigenvalue weighted by Crippen LogP contribution is -2.52. The van der Waals surface area contributed by atoms with Gasteiger partial charge in [-0.2, -0.15) is 4.31 Å². The van der Waals surface area contributed by atoms with Crippen LogP contribution in [0.5, 0.6) is 0 Å². The number of nitrogens with one attached hydrogen (secondary N) is 1. The van der Waals surface area contributed by atoms with Gasteiger partial charge in [0.2, 0.25) is 5.03 Å². The lowest BCUT2D eigenvalue weighted by atomic mass is 10.3. The Hall–Kier alpha value is -0.630. The lowest BCUT2D eigenvalue weighted by Gasteiger charge is -2.32. The second-order valence-electron chi connectivity index (χ2n) is 4.12. The third-order valence-corrected chi connectivity index (χ3v) is 5.33. The molecule has 1 aliphatic rings. The molecule has 1 N–H and O–H groups in total. The summed E-state index contributed by atoms with van der Waals surface area (Å²) in [7, 11) is -1.93. The standard InChI is InChI=1S/C9H15ClN4O2S/c1-7-5-11-3-4-14(7)17(15,16)9-8(10)13(2)6-12-9/h6-7,11H,3-5H2,1-2H3/t7-/m1/s1. The van der Waals surface area contributed by atoms with E-state index in [4.69, 9.17) is 11.6 Å². The van der Waals surface area contributed by atoms with Crippen molar-refractivity contribution in [3.05, 3.63) is 11.5 Å². The molecule has 1 fully saturated rings. The molecule has 0 aliphatic carbocycles. The number of rotatable bonds is 2. The van der Waals surface area contributed by atoms with Gasteiger partial charge in [-0.1, -0.05) is 11.6 Å². The van der Waals surface area contributed by atoms with Gasteiger partial charge in [-0.05, 0) is 6.92 Å². The van der Waals surface area contributed by atoms with Crippen LogP contribution in [-0.2, 0) is 17.1 Å². The Morgan fingerprint density at radius 1 is 1.59 bits per heavy atom. The number of aryl methyl sites for hydroxylation is 1. The maximum Gasteiger partial charge on any atom is 0.264 e. The van der Waals surface area contributed by atoms with Crippen molar-refractivity contribution in [2.45, 2.75) is 18.0 Å². The average molecular weight is 279 g/mol. The molecule has 0 amide bonds. The maximum atomic E-state index is 12.4. The topological polar surface area (TPSA) is 67.2 Å². The summed E-state index contributed by atoms with van der Waals surface area (Å²) in [6.07, 6.45) is 1.40. The summed E-state index contributed by atoms with van der Waals surface area (Å²) in [5.41, 5.74) is 0. The molecular weight excluding hydrogens is 264 g/mol. The molecule has 1 aliphatic heterocycles. The van der Waals surface area contributed by atoms with E-state index in [0.717, 1.165) is 0 Å². The zero-order valence-electron chi connectivity index (χ0n) is 9.72. The molecule has 2 rings (SSSR count). The van der Waals surface area contributed by atoms with Crippen LogP contribution in [0.4, 0.5) is 0 Å². The molecule has 1 saturated heterocycles. The van der Waals surface area contributed by atoms with Crippen molar-refractivity contribution in [2.75, 3.05) is 19.6 Å². The first-order chi connectivity index (χ1) is 7.94. The predicted molar refractivity (Wildman–Crippen MR) is 64.4 cm³/mol. The van der Waals surface area contributed by atoms with Crippen molar-refractivity contribution in [1.29, 1.82) is 0 Å². The monoisotopic (exact) mass is 278 g/mol. The predicted octanol–water partition coefficient (Wildman–Crippen LogP) is 0.0559. The number of imidazole rings is 1. The van der Waals surface area contributed by atoms with Crippen LogP contribution in [0.2, 0.25) is 5.15 Å². The highest BCUT2D eigenvalue weighted by Gasteiger charge is 2.34. The van der Waals surface area contributed by atoms with E-state index in [1.807, 2.05) is 6.92 Å². The first-order valence-corrected chi connectivity index (χ1v) is 7.15. The van der Waals surface area contributed by atoms with Crippen LogP contribution >= 0.6 is 11.6 Å².